The van der Waals surface area contributed by atoms with Crippen molar-refractivity contribution in [3.05, 3.63) is 35.4 Å². The molecule has 1 aromatic rings. The minimum Gasteiger partial charge on any atom is -0.349 e. The number of carbonyl (C=O) groups is 1. The second-order valence-electron chi connectivity index (χ2n) is 5.67. The molecule has 0 aliphatic rings. The lowest BCUT2D eigenvalue weighted by Gasteiger charge is -2.23. The van der Waals surface area contributed by atoms with Crippen LogP contribution in [0, 0.1) is 5.92 Å². The van der Waals surface area contributed by atoms with Crippen LogP contribution in [0.15, 0.2) is 24.3 Å². The smallest absolute Gasteiger partial charge is 0.220 e. The maximum Gasteiger partial charge on any atom is 0.220 e. The van der Waals surface area contributed by atoms with Crippen molar-refractivity contribution in [2.75, 3.05) is 6.54 Å². The first-order valence-electron chi connectivity index (χ1n) is 7.66. The molecule has 0 radical (unpaired) electrons. The van der Waals surface area contributed by atoms with Gasteiger partial charge in [-0.1, -0.05) is 51.5 Å². The first kappa shape index (κ1) is 16.7. The molecule has 3 heteroatoms. The van der Waals surface area contributed by atoms with Gasteiger partial charge in [0.2, 0.25) is 5.91 Å². The molecule has 3 nitrogen and oxygen atoms in total. The summed E-state index contributed by atoms with van der Waals surface area (Å²) in [5.74, 6) is 0.459. The van der Waals surface area contributed by atoms with Gasteiger partial charge >= 0.3 is 0 Å². The van der Waals surface area contributed by atoms with E-state index in [2.05, 4.69) is 50.4 Å². The number of nitrogens with two attached hydrogens (primary N) is 1. The molecule has 3 N–H and O–H groups in total. The molecule has 0 aliphatic heterocycles. The van der Waals surface area contributed by atoms with Crippen LogP contribution in [0.25, 0.3) is 0 Å². The number of nitrogens with one attached hydrogen (secondary N) is 1. The fourth-order valence-electron chi connectivity index (χ4n) is 2.32. The Morgan fingerprint density at radius 1 is 1.25 bits per heavy atom. The predicted molar refractivity (Wildman–Crippen MR) is 84.4 cm³/mol. The van der Waals surface area contributed by atoms with Gasteiger partial charge in [0.25, 0.3) is 0 Å². The van der Waals surface area contributed by atoms with E-state index in [1.165, 1.54) is 11.1 Å². The Kier molecular flexibility index (Phi) is 7.31. The third-order valence-electron chi connectivity index (χ3n) is 3.47. The summed E-state index contributed by atoms with van der Waals surface area (Å²) < 4.78 is 0. The minimum atomic E-state index is 0.0796. The summed E-state index contributed by atoms with van der Waals surface area (Å²) in [6.07, 6.45) is 3.51. The molecule has 1 amide bonds. The summed E-state index contributed by atoms with van der Waals surface area (Å²) in [7, 11) is 0. The molecule has 0 aromatic heterocycles. The predicted octanol–water partition coefficient (Wildman–Crippen LogP) is 3.19. The normalized spacial score (nSPS) is 12.4. The second-order valence-corrected chi connectivity index (χ2v) is 5.67. The Bertz CT molecular complexity index is 398. The molecule has 0 aliphatic carbocycles. The maximum absolute atomic E-state index is 11.9. The Morgan fingerprint density at radius 2 is 1.90 bits per heavy atom. The SMILES string of the molecule is CCCc1ccc(C(NC(=O)CCCN)C(C)C)cc1. The van der Waals surface area contributed by atoms with Crippen molar-refractivity contribution in [3.63, 3.8) is 0 Å². The van der Waals surface area contributed by atoms with Gasteiger partial charge in [-0.15, -0.1) is 0 Å². The minimum absolute atomic E-state index is 0.0796. The van der Waals surface area contributed by atoms with Gasteiger partial charge in [0.1, 0.15) is 0 Å². The first-order chi connectivity index (χ1) is 9.58. The highest BCUT2D eigenvalue weighted by atomic mass is 16.1. The zero-order chi connectivity index (χ0) is 15.0. The molecule has 0 spiro atoms. The van der Waals surface area contributed by atoms with Gasteiger partial charge in [-0.3, -0.25) is 4.79 Å². The van der Waals surface area contributed by atoms with Crippen molar-refractivity contribution in [1.82, 2.24) is 5.32 Å². The van der Waals surface area contributed by atoms with Gasteiger partial charge in [-0.25, -0.2) is 0 Å². The number of aryl methyl sites for hydroxylation is 1. The van der Waals surface area contributed by atoms with Crippen molar-refractivity contribution in [3.8, 4) is 0 Å². The Balaban J connectivity index is 2.72. The molecule has 0 saturated heterocycles. The lowest BCUT2D eigenvalue weighted by atomic mass is 9.94. The summed E-state index contributed by atoms with van der Waals surface area (Å²) in [6, 6.07) is 8.69. The highest BCUT2D eigenvalue weighted by Gasteiger charge is 2.17. The van der Waals surface area contributed by atoms with Crippen LogP contribution in [0.2, 0.25) is 0 Å². The van der Waals surface area contributed by atoms with Gasteiger partial charge < -0.3 is 11.1 Å². The fourth-order valence-corrected chi connectivity index (χ4v) is 2.32. The summed E-state index contributed by atoms with van der Waals surface area (Å²) in [6.45, 7) is 7.01. The molecule has 1 rings (SSSR count). The van der Waals surface area contributed by atoms with Crippen LogP contribution in [0.1, 0.15) is 57.2 Å². The number of hydrogen-bond donors (Lipinski definition) is 2. The largest absolute Gasteiger partial charge is 0.349 e. The molecule has 112 valence electrons. The molecule has 0 fully saturated rings. The van der Waals surface area contributed by atoms with Crippen LogP contribution in [0.3, 0.4) is 0 Å². The second kappa shape index (κ2) is 8.75. The lowest BCUT2D eigenvalue weighted by molar-refractivity contribution is -0.122. The van der Waals surface area contributed by atoms with E-state index in [-0.39, 0.29) is 11.9 Å². The highest BCUT2D eigenvalue weighted by Crippen LogP contribution is 2.22. The quantitative estimate of drug-likeness (QED) is 0.766. The van der Waals surface area contributed by atoms with Gasteiger partial charge in [-0.05, 0) is 36.4 Å². The van der Waals surface area contributed by atoms with Crippen molar-refractivity contribution in [1.29, 1.82) is 0 Å². The summed E-state index contributed by atoms with van der Waals surface area (Å²) >= 11 is 0. The first-order valence-corrected chi connectivity index (χ1v) is 7.66. The van der Waals surface area contributed by atoms with Crippen LogP contribution in [-0.2, 0) is 11.2 Å². The number of amides is 1. The number of benzene rings is 1. The summed E-state index contributed by atoms with van der Waals surface area (Å²) in [4.78, 5) is 11.9. The van der Waals surface area contributed by atoms with Crippen molar-refractivity contribution in [2.45, 2.75) is 52.5 Å². The van der Waals surface area contributed by atoms with E-state index >= 15 is 0 Å². The van der Waals surface area contributed by atoms with Gasteiger partial charge in [0.05, 0.1) is 6.04 Å². The Hall–Kier alpha value is -1.35. The zero-order valence-electron chi connectivity index (χ0n) is 13.0. The number of hydrogen-bond acceptors (Lipinski definition) is 2. The molecule has 0 saturated carbocycles. The Morgan fingerprint density at radius 3 is 2.40 bits per heavy atom. The van der Waals surface area contributed by atoms with Crippen LogP contribution < -0.4 is 11.1 Å². The van der Waals surface area contributed by atoms with Crippen LogP contribution in [0.5, 0.6) is 0 Å². The lowest BCUT2D eigenvalue weighted by Crippen LogP contribution is -2.31. The van der Waals surface area contributed by atoms with Crippen LogP contribution >= 0.6 is 0 Å². The topological polar surface area (TPSA) is 55.1 Å². The molecular formula is C17H28N2O. The summed E-state index contributed by atoms with van der Waals surface area (Å²) in [5.41, 5.74) is 7.98. The number of carbonyl (C=O) groups excluding carboxylic acids is 1. The number of rotatable bonds is 8. The maximum atomic E-state index is 11.9. The van der Waals surface area contributed by atoms with E-state index in [0.717, 1.165) is 19.3 Å². The van der Waals surface area contributed by atoms with Gasteiger partial charge in [0.15, 0.2) is 0 Å². The Labute approximate surface area is 122 Å². The van der Waals surface area contributed by atoms with E-state index < -0.39 is 0 Å². The molecule has 1 unspecified atom stereocenters. The zero-order valence-corrected chi connectivity index (χ0v) is 13.0. The van der Waals surface area contributed by atoms with Crippen molar-refractivity contribution in [2.24, 2.45) is 11.7 Å². The standard InChI is InChI=1S/C17H28N2O/c1-4-6-14-8-10-15(11-9-14)17(13(2)3)19-16(20)7-5-12-18/h8-11,13,17H,4-7,12,18H2,1-3H3,(H,19,20). The van der Waals surface area contributed by atoms with Crippen molar-refractivity contribution < 1.29 is 4.79 Å². The van der Waals surface area contributed by atoms with E-state index in [0.29, 0.717) is 18.9 Å². The van der Waals surface area contributed by atoms with E-state index in [1.807, 2.05) is 0 Å². The van der Waals surface area contributed by atoms with Crippen LogP contribution in [-0.4, -0.2) is 12.5 Å². The molecule has 0 heterocycles. The van der Waals surface area contributed by atoms with Crippen LogP contribution in [0.4, 0.5) is 0 Å². The molecule has 1 aromatic carbocycles. The van der Waals surface area contributed by atoms with Gasteiger partial charge in [-0.2, -0.15) is 0 Å². The average molecular weight is 276 g/mol. The monoisotopic (exact) mass is 276 g/mol. The molecule has 0 bridgehead atoms. The van der Waals surface area contributed by atoms with Gasteiger partial charge in [0, 0.05) is 6.42 Å². The van der Waals surface area contributed by atoms with E-state index in [4.69, 9.17) is 5.73 Å². The highest BCUT2D eigenvalue weighted by molar-refractivity contribution is 5.76. The van der Waals surface area contributed by atoms with E-state index in [1.54, 1.807) is 0 Å². The third kappa shape index (κ3) is 5.33. The third-order valence-corrected chi connectivity index (χ3v) is 3.47. The fraction of sp³-hybridized carbons (Fsp3) is 0.588. The summed E-state index contributed by atoms with van der Waals surface area (Å²) in [5, 5.41) is 3.12. The molecule has 1 atom stereocenters. The average Bonchev–Trinajstić information content (AvgIpc) is 2.43. The molecular weight excluding hydrogens is 248 g/mol. The molecule has 20 heavy (non-hydrogen) atoms. The van der Waals surface area contributed by atoms with Crippen molar-refractivity contribution >= 4 is 5.91 Å². The van der Waals surface area contributed by atoms with E-state index in [9.17, 15) is 4.79 Å².